The number of carbonyl (C=O) groups is 1. The molecule has 1 fully saturated rings. The van der Waals surface area contributed by atoms with Gasteiger partial charge >= 0.3 is 0 Å². The summed E-state index contributed by atoms with van der Waals surface area (Å²) >= 11 is 0. The van der Waals surface area contributed by atoms with Gasteiger partial charge in [-0.1, -0.05) is 17.7 Å². The largest absolute Gasteiger partial charge is 0.491 e. The van der Waals surface area contributed by atoms with Crippen LogP contribution < -0.4 is 4.74 Å². The Morgan fingerprint density at radius 3 is 2.81 bits per heavy atom. The number of nitrogens with zero attached hydrogens (tertiary/aromatic N) is 3. The fourth-order valence-corrected chi connectivity index (χ4v) is 3.31. The van der Waals surface area contributed by atoms with E-state index in [4.69, 9.17) is 4.74 Å². The first kappa shape index (κ1) is 18.5. The Morgan fingerprint density at radius 1 is 1.35 bits per heavy atom. The van der Waals surface area contributed by atoms with E-state index in [1.54, 1.807) is 15.8 Å². The summed E-state index contributed by atoms with van der Waals surface area (Å²) in [6, 6.07) is 7.76. The van der Waals surface area contributed by atoms with Crippen LogP contribution in [0.15, 0.2) is 36.7 Å². The van der Waals surface area contributed by atoms with Crippen LogP contribution in [0, 0.1) is 6.92 Å². The van der Waals surface area contributed by atoms with E-state index in [2.05, 4.69) is 5.10 Å². The van der Waals surface area contributed by atoms with Crippen LogP contribution in [0.5, 0.6) is 5.75 Å². The van der Waals surface area contributed by atoms with Gasteiger partial charge in [-0.3, -0.25) is 9.48 Å². The van der Waals surface area contributed by atoms with Crippen molar-refractivity contribution in [2.45, 2.75) is 38.2 Å². The molecule has 26 heavy (non-hydrogen) atoms. The molecule has 3 rings (SSSR count). The monoisotopic (exact) mass is 357 g/mol. The SMILES string of the molecule is Cc1ccc(OC[C@@]2(O)CCCN(C(=O)CCc3cnn(C)c3)C2)cc1. The molecular formula is C20H27N3O3. The van der Waals surface area contributed by atoms with Crippen molar-refractivity contribution in [1.29, 1.82) is 0 Å². The second-order valence-corrected chi connectivity index (χ2v) is 7.27. The zero-order valence-corrected chi connectivity index (χ0v) is 15.5. The molecule has 0 radical (unpaired) electrons. The number of aromatic nitrogens is 2. The van der Waals surface area contributed by atoms with Crippen LogP contribution in [0.2, 0.25) is 0 Å². The van der Waals surface area contributed by atoms with Crippen molar-refractivity contribution in [3.05, 3.63) is 47.8 Å². The highest BCUT2D eigenvalue weighted by Crippen LogP contribution is 2.24. The highest BCUT2D eigenvalue weighted by molar-refractivity contribution is 5.76. The fraction of sp³-hybridized carbons (Fsp3) is 0.500. The van der Waals surface area contributed by atoms with Gasteiger partial charge in [0.05, 0.1) is 12.7 Å². The van der Waals surface area contributed by atoms with Crippen molar-refractivity contribution >= 4 is 5.91 Å². The normalized spacial score (nSPS) is 20.2. The van der Waals surface area contributed by atoms with E-state index in [1.807, 2.05) is 44.4 Å². The summed E-state index contributed by atoms with van der Waals surface area (Å²) in [5.74, 6) is 0.811. The number of hydrogen-bond donors (Lipinski definition) is 1. The summed E-state index contributed by atoms with van der Waals surface area (Å²) in [5, 5.41) is 15.0. The molecular weight excluding hydrogens is 330 g/mol. The standard InChI is InChI=1S/C20H27N3O3/c1-16-4-7-18(8-5-16)26-15-20(25)10-3-11-23(14-20)19(24)9-6-17-12-21-22(2)13-17/h4-5,7-8,12-13,25H,3,6,9-11,14-15H2,1-2H3/t20-/m1/s1. The Hall–Kier alpha value is -2.34. The molecule has 6 nitrogen and oxygen atoms in total. The maximum absolute atomic E-state index is 12.5. The minimum atomic E-state index is -0.993. The molecule has 1 saturated heterocycles. The van der Waals surface area contributed by atoms with Crippen molar-refractivity contribution in [3.63, 3.8) is 0 Å². The van der Waals surface area contributed by atoms with Gasteiger partial charge in [-0.25, -0.2) is 0 Å². The number of hydrogen-bond acceptors (Lipinski definition) is 4. The third kappa shape index (κ3) is 4.85. The highest BCUT2D eigenvalue weighted by atomic mass is 16.5. The summed E-state index contributed by atoms with van der Waals surface area (Å²) < 4.78 is 7.50. The highest BCUT2D eigenvalue weighted by Gasteiger charge is 2.35. The van der Waals surface area contributed by atoms with E-state index in [0.29, 0.717) is 32.4 Å². The first-order valence-electron chi connectivity index (χ1n) is 9.11. The lowest BCUT2D eigenvalue weighted by Gasteiger charge is -2.39. The average Bonchev–Trinajstić information content (AvgIpc) is 3.05. The minimum Gasteiger partial charge on any atom is -0.491 e. The first-order valence-corrected chi connectivity index (χ1v) is 9.11. The second kappa shape index (κ2) is 7.91. The maximum Gasteiger partial charge on any atom is 0.223 e. The smallest absolute Gasteiger partial charge is 0.223 e. The van der Waals surface area contributed by atoms with E-state index >= 15 is 0 Å². The van der Waals surface area contributed by atoms with Gasteiger partial charge in [0.1, 0.15) is 18.0 Å². The molecule has 0 bridgehead atoms. The van der Waals surface area contributed by atoms with Crippen molar-refractivity contribution in [1.82, 2.24) is 14.7 Å². The lowest BCUT2D eigenvalue weighted by Crippen LogP contribution is -2.53. The van der Waals surface area contributed by atoms with Crippen molar-refractivity contribution in [2.75, 3.05) is 19.7 Å². The van der Waals surface area contributed by atoms with Crippen LogP contribution in [-0.4, -0.2) is 51.0 Å². The molecule has 1 atom stereocenters. The van der Waals surface area contributed by atoms with Gasteiger partial charge in [0.25, 0.3) is 0 Å². The van der Waals surface area contributed by atoms with Crippen molar-refractivity contribution in [3.8, 4) is 5.75 Å². The lowest BCUT2D eigenvalue weighted by atomic mass is 9.93. The second-order valence-electron chi connectivity index (χ2n) is 7.27. The number of aliphatic hydroxyl groups is 1. The molecule has 1 aromatic heterocycles. The average molecular weight is 357 g/mol. The number of ether oxygens (including phenoxy) is 1. The van der Waals surface area contributed by atoms with Crippen LogP contribution in [0.1, 0.15) is 30.4 Å². The van der Waals surface area contributed by atoms with Crippen molar-refractivity contribution < 1.29 is 14.6 Å². The van der Waals surface area contributed by atoms with Crippen LogP contribution >= 0.6 is 0 Å². The van der Waals surface area contributed by atoms with E-state index in [0.717, 1.165) is 17.7 Å². The summed E-state index contributed by atoms with van der Waals surface area (Å²) in [6.45, 7) is 3.24. The van der Waals surface area contributed by atoms with Gasteiger partial charge in [-0.05, 0) is 43.9 Å². The number of carbonyl (C=O) groups excluding carboxylic acids is 1. The summed E-state index contributed by atoms with van der Waals surface area (Å²) in [7, 11) is 1.87. The summed E-state index contributed by atoms with van der Waals surface area (Å²) in [6.07, 6.45) is 6.24. The number of likely N-dealkylation sites (tertiary alicyclic amines) is 1. The molecule has 2 aromatic rings. The Kier molecular flexibility index (Phi) is 5.61. The van der Waals surface area contributed by atoms with Gasteiger partial charge in [-0.15, -0.1) is 0 Å². The van der Waals surface area contributed by atoms with Crippen LogP contribution in [-0.2, 0) is 18.3 Å². The summed E-state index contributed by atoms with van der Waals surface area (Å²) in [5.41, 5.74) is 1.22. The fourth-order valence-electron chi connectivity index (χ4n) is 3.31. The number of aryl methyl sites for hydroxylation is 3. The van der Waals surface area contributed by atoms with Crippen molar-refractivity contribution in [2.24, 2.45) is 7.05 Å². The van der Waals surface area contributed by atoms with Crippen LogP contribution in [0.3, 0.4) is 0 Å². The molecule has 0 unspecified atom stereocenters. The Morgan fingerprint density at radius 2 is 2.12 bits per heavy atom. The van der Waals surface area contributed by atoms with Gasteiger partial charge in [0.15, 0.2) is 0 Å². The third-order valence-electron chi connectivity index (χ3n) is 4.82. The molecule has 0 saturated carbocycles. The molecule has 1 N–H and O–H groups in total. The zero-order valence-electron chi connectivity index (χ0n) is 15.5. The molecule has 2 heterocycles. The number of piperidine rings is 1. The molecule has 6 heteroatoms. The summed E-state index contributed by atoms with van der Waals surface area (Å²) in [4.78, 5) is 14.3. The van der Waals surface area contributed by atoms with Gasteiger partial charge in [0, 0.05) is 26.2 Å². The molecule has 0 aliphatic carbocycles. The molecule has 0 spiro atoms. The Balaban J connectivity index is 1.51. The van der Waals surface area contributed by atoms with Crippen LogP contribution in [0.4, 0.5) is 0 Å². The predicted molar refractivity (Wildman–Crippen MR) is 99.0 cm³/mol. The lowest BCUT2D eigenvalue weighted by molar-refractivity contribution is -0.140. The van der Waals surface area contributed by atoms with Gasteiger partial charge in [-0.2, -0.15) is 5.10 Å². The van der Waals surface area contributed by atoms with Gasteiger partial charge < -0.3 is 14.7 Å². The molecule has 1 aliphatic rings. The quantitative estimate of drug-likeness (QED) is 0.860. The number of benzene rings is 1. The number of amides is 1. The van der Waals surface area contributed by atoms with Gasteiger partial charge in [0.2, 0.25) is 5.91 Å². The zero-order chi connectivity index (χ0) is 18.6. The molecule has 140 valence electrons. The molecule has 1 amide bonds. The van der Waals surface area contributed by atoms with E-state index in [1.165, 1.54) is 5.56 Å². The predicted octanol–water partition coefficient (Wildman–Crippen LogP) is 2.09. The Labute approximate surface area is 154 Å². The number of β-amino-alcohol motifs (C(OH)–C–C–N with tert-alkyl or cyclic N) is 1. The minimum absolute atomic E-state index is 0.0716. The van der Waals surface area contributed by atoms with E-state index in [9.17, 15) is 9.90 Å². The van der Waals surface area contributed by atoms with Crippen LogP contribution in [0.25, 0.3) is 0 Å². The first-order chi connectivity index (χ1) is 12.4. The van der Waals surface area contributed by atoms with E-state index in [-0.39, 0.29) is 12.5 Å². The third-order valence-corrected chi connectivity index (χ3v) is 4.82. The maximum atomic E-state index is 12.5. The Bertz CT molecular complexity index is 741. The molecule has 1 aliphatic heterocycles. The molecule has 1 aromatic carbocycles. The van der Waals surface area contributed by atoms with E-state index < -0.39 is 5.60 Å². The number of rotatable bonds is 6. The topological polar surface area (TPSA) is 67.6 Å².